The van der Waals surface area contributed by atoms with Gasteiger partial charge < -0.3 is 0 Å². The van der Waals surface area contributed by atoms with E-state index in [1.54, 1.807) is 0 Å². The minimum absolute atomic E-state index is 0.0623. The summed E-state index contributed by atoms with van der Waals surface area (Å²) in [4.78, 5) is 6.45. The maximum Gasteiger partial charge on any atom is 0.0795 e. The molecule has 0 saturated heterocycles. The zero-order valence-electron chi connectivity index (χ0n) is 18.3. The zero-order valence-corrected chi connectivity index (χ0v) is 20.0. The number of thioether (sulfide) groups is 1. The molecular weight excluding hydrogens is 414 g/mol. The van der Waals surface area contributed by atoms with Crippen LogP contribution in [0.2, 0.25) is 0 Å². The summed E-state index contributed by atoms with van der Waals surface area (Å²) in [5.41, 5.74) is 5.29. The van der Waals surface area contributed by atoms with Gasteiger partial charge in [-0.1, -0.05) is 58.0 Å². The second-order valence-corrected chi connectivity index (χ2v) is 11.8. The van der Waals surface area contributed by atoms with Gasteiger partial charge >= 0.3 is 0 Å². The van der Waals surface area contributed by atoms with Gasteiger partial charge in [0.25, 0.3) is 0 Å². The average Bonchev–Trinajstić information content (AvgIpc) is 3.32. The number of benzene rings is 3. The Balaban J connectivity index is 1.72. The predicted molar refractivity (Wildman–Crippen MR) is 138 cm³/mol. The molecule has 154 valence electrons. The van der Waals surface area contributed by atoms with Gasteiger partial charge in [-0.05, 0) is 57.5 Å². The molecule has 1 unspecified atom stereocenters. The summed E-state index contributed by atoms with van der Waals surface area (Å²) in [6, 6.07) is 20.3. The molecule has 6 rings (SSSR count). The van der Waals surface area contributed by atoms with Crippen molar-refractivity contribution in [2.75, 3.05) is 5.75 Å². The van der Waals surface area contributed by atoms with E-state index in [9.17, 15) is 0 Å². The maximum atomic E-state index is 4.97. The normalized spacial score (nSPS) is 16.5. The van der Waals surface area contributed by atoms with Crippen LogP contribution in [0.5, 0.6) is 0 Å². The van der Waals surface area contributed by atoms with Gasteiger partial charge in [0.05, 0.1) is 5.69 Å². The van der Waals surface area contributed by atoms with Crippen molar-refractivity contribution in [1.29, 1.82) is 0 Å². The molecule has 0 aliphatic carbocycles. The minimum atomic E-state index is 0.0623. The van der Waals surface area contributed by atoms with E-state index in [1.807, 2.05) is 29.3 Å². The van der Waals surface area contributed by atoms with Crippen LogP contribution < -0.4 is 0 Å². The van der Waals surface area contributed by atoms with Gasteiger partial charge in [0.1, 0.15) is 0 Å². The van der Waals surface area contributed by atoms with Crippen LogP contribution in [0.4, 0.5) is 0 Å². The summed E-state index contributed by atoms with van der Waals surface area (Å²) in [6.45, 7) is 9.25. The van der Waals surface area contributed by atoms with Gasteiger partial charge in [-0.15, -0.1) is 23.1 Å². The monoisotopic (exact) mass is 439 g/mol. The molecule has 0 N–H and O–H groups in total. The maximum absolute atomic E-state index is 4.97. The molecule has 3 heteroatoms. The number of rotatable bonds is 1. The Labute approximate surface area is 191 Å². The van der Waals surface area contributed by atoms with Gasteiger partial charge in [-0.2, -0.15) is 0 Å². The molecule has 1 atom stereocenters. The van der Waals surface area contributed by atoms with E-state index in [0.29, 0.717) is 5.92 Å². The summed E-state index contributed by atoms with van der Waals surface area (Å²) in [5.74, 6) is 1.79. The molecule has 1 aliphatic rings. The highest BCUT2D eigenvalue weighted by Crippen LogP contribution is 2.50. The first-order valence-electron chi connectivity index (χ1n) is 10.9. The second kappa shape index (κ2) is 6.82. The van der Waals surface area contributed by atoms with E-state index in [2.05, 4.69) is 82.3 Å². The number of aromatic nitrogens is 1. The van der Waals surface area contributed by atoms with Crippen LogP contribution in [-0.2, 0) is 5.41 Å². The lowest BCUT2D eigenvalue weighted by Gasteiger charge is -2.23. The van der Waals surface area contributed by atoms with E-state index in [4.69, 9.17) is 4.98 Å². The molecule has 3 heterocycles. The highest BCUT2D eigenvalue weighted by molar-refractivity contribution is 8.00. The van der Waals surface area contributed by atoms with E-state index in [1.165, 1.54) is 58.3 Å². The van der Waals surface area contributed by atoms with Crippen molar-refractivity contribution in [1.82, 2.24) is 4.98 Å². The fraction of sp³-hybridized carbons (Fsp3) is 0.250. The Morgan fingerprint density at radius 1 is 0.935 bits per heavy atom. The van der Waals surface area contributed by atoms with Crippen molar-refractivity contribution >= 4 is 54.0 Å². The molecular formula is C28H25NS2. The minimum Gasteiger partial charge on any atom is -0.256 e. The van der Waals surface area contributed by atoms with Gasteiger partial charge in [0.15, 0.2) is 0 Å². The van der Waals surface area contributed by atoms with Crippen LogP contribution in [0, 0.1) is 0 Å². The fourth-order valence-corrected chi connectivity index (χ4v) is 7.48. The van der Waals surface area contributed by atoms with Gasteiger partial charge in [-0.25, -0.2) is 0 Å². The molecule has 1 nitrogen and oxygen atoms in total. The highest BCUT2D eigenvalue weighted by Gasteiger charge is 2.25. The molecule has 3 aromatic carbocycles. The summed E-state index contributed by atoms with van der Waals surface area (Å²) in [6.07, 6.45) is 1.98. The molecule has 0 fully saturated rings. The average molecular weight is 440 g/mol. The van der Waals surface area contributed by atoms with Crippen molar-refractivity contribution in [3.05, 3.63) is 71.9 Å². The van der Waals surface area contributed by atoms with Crippen molar-refractivity contribution in [2.45, 2.75) is 43.9 Å². The topological polar surface area (TPSA) is 12.9 Å². The molecule has 1 aliphatic heterocycles. The molecule has 0 spiro atoms. The molecule has 0 radical (unpaired) electrons. The lowest BCUT2D eigenvalue weighted by Crippen LogP contribution is -2.12. The summed E-state index contributed by atoms with van der Waals surface area (Å²) >= 11 is 3.92. The Bertz CT molecular complexity index is 1490. The zero-order chi connectivity index (χ0) is 21.3. The molecule has 5 aromatic rings. The third kappa shape index (κ3) is 2.94. The van der Waals surface area contributed by atoms with E-state index >= 15 is 0 Å². The van der Waals surface area contributed by atoms with Gasteiger partial charge in [0, 0.05) is 42.6 Å². The van der Waals surface area contributed by atoms with Crippen LogP contribution >= 0.6 is 23.1 Å². The first-order chi connectivity index (χ1) is 14.9. The lowest BCUT2D eigenvalue weighted by molar-refractivity contribution is 0.596. The lowest BCUT2D eigenvalue weighted by atomic mass is 9.82. The Kier molecular flexibility index (Phi) is 4.25. The number of hydrogen-bond donors (Lipinski definition) is 0. The third-order valence-electron chi connectivity index (χ3n) is 6.48. The number of hydrogen-bond acceptors (Lipinski definition) is 3. The van der Waals surface area contributed by atoms with Gasteiger partial charge in [-0.3, -0.25) is 4.98 Å². The van der Waals surface area contributed by atoms with Crippen LogP contribution in [-0.4, -0.2) is 10.7 Å². The summed E-state index contributed by atoms with van der Waals surface area (Å²) in [5, 5.41) is 5.37. The van der Waals surface area contributed by atoms with Crippen LogP contribution in [0.1, 0.15) is 44.7 Å². The van der Waals surface area contributed by atoms with Crippen molar-refractivity contribution in [2.24, 2.45) is 0 Å². The smallest absolute Gasteiger partial charge is 0.0795 e. The Hall–Kier alpha value is -2.36. The summed E-state index contributed by atoms with van der Waals surface area (Å²) in [7, 11) is 0. The first-order valence-corrected chi connectivity index (χ1v) is 12.7. The Morgan fingerprint density at radius 2 is 1.74 bits per heavy atom. The molecule has 31 heavy (non-hydrogen) atoms. The van der Waals surface area contributed by atoms with Crippen LogP contribution in [0.25, 0.3) is 42.2 Å². The third-order valence-corrected chi connectivity index (χ3v) is 9.00. The van der Waals surface area contributed by atoms with Crippen LogP contribution in [0.15, 0.2) is 65.7 Å². The Morgan fingerprint density at radius 3 is 2.58 bits per heavy atom. The molecule has 0 amide bonds. The van der Waals surface area contributed by atoms with Crippen molar-refractivity contribution in [3.63, 3.8) is 0 Å². The SMILES string of the molecule is CC1CSc2c1ccc1sc3ccnc(-c4cc(C(C)(C)C)c5ccccc5c4)c3c21. The standard InChI is InChI=1S/C28H25NS2/c1-16-15-30-27-19(16)9-10-22-25(27)24-23(31-22)11-12-29-26(24)18-13-17-7-5-6-8-20(17)21(14-18)28(2,3)4/h5-14,16H,15H2,1-4H3. The van der Waals surface area contributed by atoms with E-state index in [0.717, 1.165) is 5.69 Å². The molecule has 0 bridgehead atoms. The molecule has 0 saturated carbocycles. The highest BCUT2D eigenvalue weighted by atomic mass is 32.2. The fourth-order valence-electron chi connectivity index (χ4n) is 4.92. The van der Waals surface area contributed by atoms with E-state index < -0.39 is 0 Å². The largest absolute Gasteiger partial charge is 0.256 e. The van der Waals surface area contributed by atoms with Crippen molar-refractivity contribution in [3.8, 4) is 11.3 Å². The van der Waals surface area contributed by atoms with Crippen molar-refractivity contribution < 1.29 is 0 Å². The number of pyridine rings is 1. The molecule has 2 aromatic heterocycles. The predicted octanol–water partition coefficient (Wildman–Crippen LogP) is 8.78. The number of fused-ring (bicyclic) bond motifs is 6. The second-order valence-electron chi connectivity index (χ2n) is 9.70. The quantitative estimate of drug-likeness (QED) is 0.259. The number of nitrogens with zero attached hydrogens (tertiary/aromatic N) is 1. The first kappa shape index (κ1) is 19.3. The van der Waals surface area contributed by atoms with Gasteiger partial charge in [0.2, 0.25) is 0 Å². The summed E-state index contributed by atoms with van der Waals surface area (Å²) < 4.78 is 2.71. The van der Waals surface area contributed by atoms with E-state index in [-0.39, 0.29) is 5.41 Å². The van der Waals surface area contributed by atoms with Crippen LogP contribution in [0.3, 0.4) is 0 Å². The number of thiophene rings is 1.